The van der Waals surface area contributed by atoms with Crippen molar-refractivity contribution in [2.45, 2.75) is 19.9 Å². The lowest BCUT2D eigenvalue weighted by molar-refractivity contribution is 0.0945. The summed E-state index contributed by atoms with van der Waals surface area (Å²) in [5.41, 5.74) is 4.33. The number of fused-ring (bicyclic) bond motifs is 1. The zero-order valence-electron chi connectivity index (χ0n) is 14.5. The molecular weight excluding hydrogens is 326 g/mol. The number of amides is 1. The smallest absolute Gasteiger partial charge is 0.270 e. The first-order valence-corrected chi connectivity index (χ1v) is 8.60. The van der Waals surface area contributed by atoms with Crippen LogP contribution in [0.4, 0.5) is 11.6 Å². The number of aryl methyl sites for hydroxylation is 1. The summed E-state index contributed by atoms with van der Waals surface area (Å²) < 4.78 is 0. The highest BCUT2D eigenvalue weighted by Gasteiger charge is 2.23. The van der Waals surface area contributed by atoms with Crippen LogP contribution in [-0.4, -0.2) is 27.4 Å². The number of benzene rings is 1. The standard InChI is InChI=1S/C20H19N5O/c1-14-12-17(19(26)22-13-16-7-4-5-10-21-16)24-20(23-14)25-11-9-15-6-2-3-8-18(15)25/h2-8,10,12H,9,11,13H2,1H3,(H,22,26). The summed E-state index contributed by atoms with van der Waals surface area (Å²) in [6.45, 7) is 3.06. The fourth-order valence-electron chi connectivity index (χ4n) is 3.10. The maximum absolute atomic E-state index is 12.5. The minimum atomic E-state index is -0.227. The summed E-state index contributed by atoms with van der Waals surface area (Å²) in [7, 11) is 0. The molecule has 3 aromatic rings. The monoisotopic (exact) mass is 345 g/mol. The number of nitrogens with zero attached hydrogens (tertiary/aromatic N) is 4. The molecule has 1 N–H and O–H groups in total. The Morgan fingerprint density at radius 3 is 2.85 bits per heavy atom. The Balaban J connectivity index is 1.56. The molecule has 1 amide bonds. The highest BCUT2D eigenvalue weighted by atomic mass is 16.1. The van der Waals surface area contributed by atoms with Crippen molar-refractivity contribution in [1.29, 1.82) is 0 Å². The van der Waals surface area contributed by atoms with Crippen molar-refractivity contribution >= 4 is 17.5 Å². The second-order valence-electron chi connectivity index (χ2n) is 6.23. The topological polar surface area (TPSA) is 71.0 Å². The van der Waals surface area contributed by atoms with E-state index in [1.807, 2.05) is 37.3 Å². The third kappa shape index (κ3) is 3.26. The Morgan fingerprint density at radius 1 is 1.15 bits per heavy atom. The van der Waals surface area contributed by atoms with Crippen molar-refractivity contribution in [1.82, 2.24) is 20.3 Å². The van der Waals surface area contributed by atoms with Gasteiger partial charge in [-0.2, -0.15) is 0 Å². The van der Waals surface area contributed by atoms with Gasteiger partial charge in [0.15, 0.2) is 0 Å². The molecule has 2 aromatic heterocycles. The van der Waals surface area contributed by atoms with Crippen molar-refractivity contribution in [3.8, 4) is 0 Å². The van der Waals surface area contributed by atoms with Gasteiger partial charge in [-0.25, -0.2) is 9.97 Å². The first kappa shape index (κ1) is 16.2. The van der Waals surface area contributed by atoms with Crippen LogP contribution in [0.3, 0.4) is 0 Å². The van der Waals surface area contributed by atoms with E-state index in [9.17, 15) is 4.79 Å². The van der Waals surface area contributed by atoms with Gasteiger partial charge in [0.05, 0.1) is 12.2 Å². The van der Waals surface area contributed by atoms with Crippen molar-refractivity contribution in [2.24, 2.45) is 0 Å². The second kappa shape index (κ2) is 6.92. The van der Waals surface area contributed by atoms with Crippen molar-refractivity contribution in [3.63, 3.8) is 0 Å². The van der Waals surface area contributed by atoms with Gasteiger partial charge >= 0.3 is 0 Å². The van der Waals surface area contributed by atoms with Crippen LogP contribution in [0.1, 0.15) is 27.4 Å². The van der Waals surface area contributed by atoms with Gasteiger partial charge in [-0.05, 0) is 43.2 Å². The number of hydrogen-bond acceptors (Lipinski definition) is 5. The molecule has 6 nitrogen and oxygen atoms in total. The summed E-state index contributed by atoms with van der Waals surface area (Å²) in [4.78, 5) is 27.9. The molecule has 6 heteroatoms. The van der Waals surface area contributed by atoms with Gasteiger partial charge in [0.25, 0.3) is 5.91 Å². The molecule has 0 saturated heterocycles. The van der Waals surface area contributed by atoms with Gasteiger partial charge < -0.3 is 10.2 Å². The summed E-state index contributed by atoms with van der Waals surface area (Å²) in [5, 5.41) is 2.87. The van der Waals surface area contributed by atoms with Crippen molar-refractivity contribution in [3.05, 3.63) is 77.4 Å². The SMILES string of the molecule is Cc1cc(C(=O)NCc2ccccn2)nc(N2CCc3ccccc32)n1. The fourth-order valence-corrected chi connectivity index (χ4v) is 3.10. The van der Waals surface area contributed by atoms with E-state index in [-0.39, 0.29) is 5.91 Å². The van der Waals surface area contributed by atoms with E-state index in [4.69, 9.17) is 0 Å². The quantitative estimate of drug-likeness (QED) is 0.787. The van der Waals surface area contributed by atoms with Crippen molar-refractivity contribution < 1.29 is 4.79 Å². The predicted molar refractivity (Wildman–Crippen MR) is 99.3 cm³/mol. The molecule has 1 aliphatic rings. The molecule has 0 atom stereocenters. The minimum absolute atomic E-state index is 0.227. The van der Waals surface area contributed by atoms with E-state index in [0.717, 1.165) is 30.0 Å². The Morgan fingerprint density at radius 2 is 2.00 bits per heavy atom. The van der Waals surface area contributed by atoms with E-state index in [1.54, 1.807) is 12.3 Å². The molecule has 0 radical (unpaired) electrons. The van der Waals surface area contributed by atoms with Gasteiger partial charge in [-0.15, -0.1) is 0 Å². The maximum atomic E-state index is 12.5. The molecule has 0 spiro atoms. The van der Waals surface area contributed by atoms with Crippen LogP contribution in [-0.2, 0) is 13.0 Å². The van der Waals surface area contributed by atoms with E-state index in [1.165, 1.54) is 5.56 Å². The molecule has 1 aromatic carbocycles. The molecule has 1 aliphatic heterocycles. The predicted octanol–water partition coefficient (Wildman–Crippen LogP) is 2.80. The number of aromatic nitrogens is 3. The number of rotatable bonds is 4. The summed E-state index contributed by atoms with van der Waals surface area (Å²) in [6.07, 6.45) is 2.66. The van der Waals surface area contributed by atoms with E-state index < -0.39 is 0 Å². The lowest BCUT2D eigenvalue weighted by Gasteiger charge is -2.18. The molecule has 3 heterocycles. The third-order valence-corrected chi connectivity index (χ3v) is 4.36. The van der Waals surface area contributed by atoms with Gasteiger partial charge in [0, 0.05) is 24.1 Å². The van der Waals surface area contributed by atoms with E-state index in [0.29, 0.717) is 18.2 Å². The molecule has 130 valence electrons. The molecule has 26 heavy (non-hydrogen) atoms. The number of nitrogens with one attached hydrogen (secondary N) is 1. The second-order valence-corrected chi connectivity index (χ2v) is 6.23. The number of hydrogen-bond donors (Lipinski definition) is 1. The molecule has 0 unspecified atom stereocenters. The third-order valence-electron chi connectivity index (χ3n) is 4.36. The molecule has 0 bridgehead atoms. The molecule has 4 rings (SSSR count). The zero-order valence-corrected chi connectivity index (χ0v) is 14.5. The first-order chi connectivity index (χ1) is 12.7. The average Bonchev–Trinajstić information content (AvgIpc) is 3.10. The van der Waals surface area contributed by atoms with Crippen LogP contribution >= 0.6 is 0 Å². The maximum Gasteiger partial charge on any atom is 0.270 e. The Hall–Kier alpha value is -3.28. The number of pyridine rings is 1. The van der Waals surface area contributed by atoms with Gasteiger partial charge in [-0.3, -0.25) is 9.78 Å². The summed E-state index contributed by atoms with van der Waals surface area (Å²) in [6, 6.07) is 15.5. The number of carbonyl (C=O) groups is 1. The van der Waals surface area contributed by atoms with E-state index >= 15 is 0 Å². The Bertz CT molecular complexity index is 942. The van der Waals surface area contributed by atoms with Crippen LogP contribution in [0.5, 0.6) is 0 Å². The summed E-state index contributed by atoms with van der Waals surface area (Å²) >= 11 is 0. The average molecular weight is 345 g/mol. The number of para-hydroxylation sites is 1. The normalized spacial score (nSPS) is 12.7. The van der Waals surface area contributed by atoms with Crippen LogP contribution in [0.2, 0.25) is 0 Å². The Labute approximate surface area is 151 Å². The first-order valence-electron chi connectivity index (χ1n) is 8.60. The number of carbonyl (C=O) groups excluding carboxylic acids is 1. The van der Waals surface area contributed by atoms with E-state index in [2.05, 4.69) is 37.3 Å². The molecule has 0 saturated carbocycles. The molecule has 0 aliphatic carbocycles. The largest absolute Gasteiger partial charge is 0.345 e. The highest BCUT2D eigenvalue weighted by molar-refractivity contribution is 5.92. The zero-order chi connectivity index (χ0) is 17.9. The Kier molecular flexibility index (Phi) is 4.31. The van der Waals surface area contributed by atoms with Crippen LogP contribution in [0.15, 0.2) is 54.7 Å². The molecular formula is C20H19N5O. The van der Waals surface area contributed by atoms with Gasteiger partial charge in [0.1, 0.15) is 5.69 Å². The highest BCUT2D eigenvalue weighted by Crippen LogP contribution is 2.32. The molecule has 0 fully saturated rings. The van der Waals surface area contributed by atoms with Crippen LogP contribution in [0, 0.1) is 6.92 Å². The number of anilines is 2. The minimum Gasteiger partial charge on any atom is -0.345 e. The lowest BCUT2D eigenvalue weighted by Crippen LogP contribution is -2.26. The van der Waals surface area contributed by atoms with Gasteiger partial charge in [0.2, 0.25) is 5.95 Å². The summed E-state index contributed by atoms with van der Waals surface area (Å²) in [5.74, 6) is 0.341. The van der Waals surface area contributed by atoms with Crippen molar-refractivity contribution in [2.75, 3.05) is 11.4 Å². The van der Waals surface area contributed by atoms with Crippen LogP contribution in [0.25, 0.3) is 0 Å². The van der Waals surface area contributed by atoms with Gasteiger partial charge in [-0.1, -0.05) is 24.3 Å². The van der Waals surface area contributed by atoms with Crippen LogP contribution < -0.4 is 10.2 Å². The lowest BCUT2D eigenvalue weighted by atomic mass is 10.2. The fraction of sp³-hybridized carbons (Fsp3) is 0.200.